The quantitative estimate of drug-likeness (QED) is 0.556. The monoisotopic (exact) mass is 517 g/mol. The number of aromatic nitrogens is 3. The van der Waals surface area contributed by atoms with Gasteiger partial charge in [-0.1, -0.05) is 32.6 Å². The van der Waals surface area contributed by atoms with E-state index < -0.39 is 22.2 Å². The van der Waals surface area contributed by atoms with Gasteiger partial charge in [-0.05, 0) is 18.9 Å². The first-order valence-electron chi connectivity index (χ1n) is 12.0. The lowest BCUT2D eigenvalue weighted by molar-refractivity contribution is 0.0373. The Morgan fingerprint density at radius 2 is 2.03 bits per heavy atom. The molecule has 2 aromatic rings. The lowest BCUT2D eigenvalue weighted by Gasteiger charge is -2.37. The van der Waals surface area contributed by atoms with Crippen LogP contribution in [0.4, 0.5) is 0 Å². The van der Waals surface area contributed by atoms with Crippen LogP contribution in [0.5, 0.6) is 5.88 Å². The van der Waals surface area contributed by atoms with Crippen molar-refractivity contribution in [1.82, 2.24) is 23.7 Å². The minimum Gasteiger partial charge on any atom is -0.472 e. The number of imidazole rings is 1. The molecule has 3 heterocycles. The van der Waals surface area contributed by atoms with Crippen LogP contribution in [0, 0.1) is 23.7 Å². The number of amides is 1. The number of ether oxygens (including phenoxy) is 1. The van der Waals surface area contributed by atoms with Crippen LogP contribution in [0.25, 0.3) is 0 Å². The van der Waals surface area contributed by atoms with Crippen LogP contribution in [-0.4, -0.2) is 82.1 Å². The number of sulfonamides is 1. The van der Waals surface area contributed by atoms with Crippen molar-refractivity contribution in [2.45, 2.75) is 51.3 Å². The molecule has 2 aromatic heterocycles. The number of aliphatic hydroxyl groups excluding tert-OH is 1. The lowest BCUT2D eigenvalue weighted by atomic mass is 10.00. The standard InChI is InChI=1S/C25H35N5O5S/c1-17(2)8-7-9-20-10-21-24(26-11-20)35-22(18(3)12-30(25(21)32)19(4)15-31)13-29(6)36(33,34)23-14-28(5)16-27-23/h10-11,14,16-19,22,31H,8,12-13,15H2,1-6H3/t18-,19-,22-/m0/s1. The molecule has 0 saturated heterocycles. The number of carbonyl (C=O) groups is 1. The second kappa shape index (κ2) is 11.4. The number of aliphatic hydroxyl groups is 1. The van der Waals surface area contributed by atoms with E-state index in [0.29, 0.717) is 17.9 Å². The van der Waals surface area contributed by atoms with Crippen LogP contribution in [-0.2, 0) is 17.1 Å². The number of pyridine rings is 1. The van der Waals surface area contributed by atoms with Gasteiger partial charge < -0.3 is 19.3 Å². The third-order valence-electron chi connectivity index (χ3n) is 6.06. The van der Waals surface area contributed by atoms with Crippen molar-refractivity contribution in [1.29, 1.82) is 0 Å². The Bertz CT molecular complexity index is 1250. The molecule has 1 aliphatic heterocycles. The van der Waals surface area contributed by atoms with Gasteiger partial charge in [0.1, 0.15) is 11.7 Å². The normalized spacial score (nSPS) is 19.2. The SMILES string of the molecule is CC(C)CC#Cc1cnc2c(c1)C(=O)N([C@@H](C)CO)C[C@H](C)[C@H](CN(C)S(=O)(=O)c1cn(C)cn1)O2. The Labute approximate surface area is 213 Å². The third-order valence-corrected chi connectivity index (χ3v) is 7.77. The van der Waals surface area contributed by atoms with Crippen molar-refractivity contribution in [2.24, 2.45) is 18.9 Å². The van der Waals surface area contributed by atoms with Gasteiger partial charge in [-0.15, -0.1) is 0 Å². The fourth-order valence-electron chi connectivity index (χ4n) is 3.78. The number of hydrogen-bond acceptors (Lipinski definition) is 7. The highest BCUT2D eigenvalue weighted by Gasteiger charge is 2.36. The number of likely N-dealkylation sites (N-methyl/N-ethyl adjacent to an activating group) is 1. The third kappa shape index (κ3) is 6.24. The van der Waals surface area contributed by atoms with Gasteiger partial charge in [-0.2, -0.15) is 4.31 Å². The van der Waals surface area contributed by atoms with Crippen molar-refractivity contribution in [3.63, 3.8) is 0 Å². The molecule has 1 N–H and O–H groups in total. The zero-order chi connectivity index (χ0) is 26.6. The van der Waals surface area contributed by atoms with E-state index >= 15 is 0 Å². The second-order valence-electron chi connectivity index (χ2n) is 9.76. The van der Waals surface area contributed by atoms with Crippen LogP contribution < -0.4 is 4.74 Å². The molecule has 0 fully saturated rings. The van der Waals surface area contributed by atoms with E-state index in [4.69, 9.17) is 4.74 Å². The van der Waals surface area contributed by atoms with Crippen molar-refractivity contribution in [3.8, 4) is 17.7 Å². The fourth-order valence-corrected chi connectivity index (χ4v) is 4.92. The van der Waals surface area contributed by atoms with Crippen molar-refractivity contribution >= 4 is 15.9 Å². The molecule has 0 unspecified atom stereocenters. The van der Waals surface area contributed by atoms with Crippen LogP contribution in [0.3, 0.4) is 0 Å². The van der Waals surface area contributed by atoms with Crippen molar-refractivity contribution < 1.29 is 23.1 Å². The smallest absolute Gasteiger partial charge is 0.261 e. The molecule has 0 radical (unpaired) electrons. The van der Waals surface area contributed by atoms with E-state index in [1.165, 1.54) is 23.9 Å². The first kappa shape index (κ1) is 27.6. The summed E-state index contributed by atoms with van der Waals surface area (Å²) in [6.45, 7) is 7.87. The molecule has 11 heteroatoms. The van der Waals surface area contributed by atoms with Crippen molar-refractivity contribution in [3.05, 3.63) is 35.9 Å². The molecule has 1 aliphatic rings. The summed E-state index contributed by atoms with van der Waals surface area (Å²) in [6, 6.07) is 1.20. The lowest BCUT2D eigenvalue weighted by Crippen LogP contribution is -2.50. The maximum atomic E-state index is 13.5. The number of hydrogen-bond donors (Lipinski definition) is 1. The number of aryl methyl sites for hydroxylation is 1. The van der Waals surface area contributed by atoms with E-state index in [9.17, 15) is 18.3 Å². The van der Waals surface area contributed by atoms with E-state index in [1.807, 2.05) is 6.92 Å². The van der Waals surface area contributed by atoms with E-state index in [0.717, 1.165) is 0 Å². The van der Waals surface area contributed by atoms with Crippen LogP contribution in [0.15, 0.2) is 29.8 Å². The molecule has 10 nitrogen and oxygen atoms in total. The number of fused-ring (bicyclic) bond motifs is 1. The van der Waals surface area contributed by atoms with E-state index in [1.54, 1.807) is 35.7 Å². The highest BCUT2D eigenvalue weighted by Crippen LogP contribution is 2.28. The first-order valence-corrected chi connectivity index (χ1v) is 13.4. The van der Waals surface area contributed by atoms with Gasteiger partial charge in [0, 0.05) is 50.9 Å². The minimum atomic E-state index is -3.85. The van der Waals surface area contributed by atoms with Gasteiger partial charge in [0.05, 0.1) is 25.5 Å². The maximum absolute atomic E-state index is 13.5. The summed E-state index contributed by atoms with van der Waals surface area (Å²) in [5.41, 5.74) is 0.821. The summed E-state index contributed by atoms with van der Waals surface area (Å²) in [4.78, 5) is 23.4. The molecule has 1 amide bonds. The van der Waals surface area contributed by atoms with E-state index in [2.05, 4.69) is 35.7 Å². The average Bonchev–Trinajstić information content (AvgIpc) is 3.27. The number of rotatable bonds is 7. The van der Waals surface area contributed by atoms with Gasteiger partial charge in [-0.25, -0.2) is 18.4 Å². The Kier molecular flexibility index (Phi) is 8.76. The Morgan fingerprint density at radius 3 is 2.64 bits per heavy atom. The number of carbonyl (C=O) groups excluding carboxylic acids is 1. The zero-order valence-corrected chi connectivity index (χ0v) is 22.5. The molecule has 36 heavy (non-hydrogen) atoms. The van der Waals surface area contributed by atoms with Gasteiger partial charge >= 0.3 is 0 Å². The molecule has 0 aliphatic carbocycles. The Balaban J connectivity index is 1.97. The summed E-state index contributed by atoms with van der Waals surface area (Å²) in [5.74, 6) is 6.10. The summed E-state index contributed by atoms with van der Waals surface area (Å²) >= 11 is 0. The number of nitrogens with zero attached hydrogens (tertiary/aromatic N) is 5. The van der Waals surface area contributed by atoms with Crippen molar-refractivity contribution in [2.75, 3.05) is 26.7 Å². The molecule has 3 atom stereocenters. The maximum Gasteiger partial charge on any atom is 0.261 e. The Hall–Kier alpha value is -2.94. The zero-order valence-electron chi connectivity index (χ0n) is 21.7. The van der Waals surface area contributed by atoms with Gasteiger partial charge in [-0.3, -0.25) is 4.79 Å². The molecule has 0 aromatic carbocycles. The highest BCUT2D eigenvalue weighted by atomic mass is 32.2. The van der Waals surface area contributed by atoms with Gasteiger partial charge in [0.2, 0.25) is 5.88 Å². The Morgan fingerprint density at radius 1 is 1.31 bits per heavy atom. The molecule has 0 bridgehead atoms. The molecule has 196 valence electrons. The summed E-state index contributed by atoms with van der Waals surface area (Å²) < 4.78 is 35.1. The predicted octanol–water partition coefficient (Wildman–Crippen LogP) is 1.75. The molecular weight excluding hydrogens is 482 g/mol. The fraction of sp³-hybridized carbons (Fsp3) is 0.560. The largest absolute Gasteiger partial charge is 0.472 e. The van der Waals surface area contributed by atoms with E-state index in [-0.39, 0.29) is 48.0 Å². The molecule has 3 rings (SSSR count). The molecule has 0 spiro atoms. The van der Waals surface area contributed by atoms with Crippen LogP contribution in [0.1, 0.15) is 50.0 Å². The first-order chi connectivity index (χ1) is 16.9. The summed E-state index contributed by atoms with van der Waals surface area (Å²) in [6.07, 6.45) is 4.52. The predicted molar refractivity (Wildman–Crippen MR) is 135 cm³/mol. The topological polar surface area (TPSA) is 118 Å². The summed E-state index contributed by atoms with van der Waals surface area (Å²) in [7, 11) is -0.676. The van der Waals surface area contributed by atoms with Crippen LogP contribution >= 0.6 is 0 Å². The van der Waals surface area contributed by atoms with Gasteiger partial charge in [0.15, 0.2) is 5.03 Å². The van der Waals surface area contributed by atoms with Crippen LogP contribution in [0.2, 0.25) is 0 Å². The molecular formula is C25H35N5O5S. The molecule has 0 saturated carbocycles. The summed E-state index contributed by atoms with van der Waals surface area (Å²) in [5, 5.41) is 9.75. The van der Waals surface area contributed by atoms with Gasteiger partial charge in [0.25, 0.3) is 15.9 Å². The average molecular weight is 518 g/mol. The highest BCUT2D eigenvalue weighted by molar-refractivity contribution is 7.89. The second-order valence-corrected chi connectivity index (χ2v) is 11.8. The minimum absolute atomic E-state index is 0.0205.